The summed E-state index contributed by atoms with van der Waals surface area (Å²) in [6.45, 7) is 11.6. The summed E-state index contributed by atoms with van der Waals surface area (Å²) in [5.74, 6) is 0. The second-order valence-electron chi connectivity index (χ2n) is 6.24. The SMILES string of the molecule is CCCC(C)(CN)N1CC2CCCN2CC1C. The molecule has 3 unspecified atom stereocenters. The maximum absolute atomic E-state index is 6.07. The first-order valence-electron chi connectivity index (χ1n) is 7.31. The number of hydrogen-bond acceptors (Lipinski definition) is 3. The quantitative estimate of drug-likeness (QED) is 0.810. The fourth-order valence-electron chi connectivity index (χ4n) is 3.84. The van der Waals surface area contributed by atoms with Crippen LogP contribution in [0.2, 0.25) is 0 Å². The molecule has 3 atom stereocenters. The molecule has 0 aromatic carbocycles. The molecule has 2 saturated heterocycles. The summed E-state index contributed by atoms with van der Waals surface area (Å²) in [6, 6.07) is 1.46. The van der Waals surface area contributed by atoms with Crippen molar-refractivity contribution in [1.29, 1.82) is 0 Å². The third-order valence-corrected chi connectivity index (χ3v) is 4.86. The van der Waals surface area contributed by atoms with Gasteiger partial charge in [0.05, 0.1) is 0 Å². The minimum absolute atomic E-state index is 0.211. The molecule has 2 heterocycles. The Labute approximate surface area is 106 Å². The fourth-order valence-corrected chi connectivity index (χ4v) is 3.84. The smallest absolute Gasteiger partial charge is 0.0307 e. The van der Waals surface area contributed by atoms with E-state index in [2.05, 4.69) is 30.6 Å². The van der Waals surface area contributed by atoms with Crippen molar-refractivity contribution >= 4 is 0 Å². The number of piperazine rings is 1. The van der Waals surface area contributed by atoms with Crippen LogP contribution in [-0.4, -0.2) is 53.6 Å². The molecule has 17 heavy (non-hydrogen) atoms. The van der Waals surface area contributed by atoms with Gasteiger partial charge >= 0.3 is 0 Å². The molecule has 2 rings (SSSR count). The van der Waals surface area contributed by atoms with Gasteiger partial charge in [-0.1, -0.05) is 13.3 Å². The van der Waals surface area contributed by atoms with Crippen LogP contribution in [0.1, 0.15) is 46.5 Å². The predicted octanol–water partition coefficient (Wildman–Crippen LogP) is 1.67. The van der Waals surface area contributed by atoms with Crippen LogP contribution in [0, 0.1) is 0 Å². The molecule has 3 nitrogen and oxygen atoms in total. The molecule has 0 saturated carbocycles. The van der Waals surface area contributed by atoms with Gasteiger partial charge in [-0.15, -0.1) is 0 Å². The molecule has 2 fully saturated rings. The average molecular weight is 239 g/mol. The first-order chi connectivity index (χ1) is 8.10. The Kier molecular flexibility index (Phi) is 4.11. The second kappa shape index (κ2) is 5.25. The van der Waals surface area contributed by atoms with Crippen LogP contribution in [0.4, 0.5) is 0 Å². The maximum Gasteiger partial charge on any atom is 0.0307 e. The maximum atomic E-state index is 6.07. The molecule has 0 amide bonds. The lowest BCUT2D eigenvalue weighted by atomic mass is 9.90. The molecule has 3 heteroatoms. The van der Waals surface area contributed by atoms with Crippen LogP contribution in [0.5, 0.6) is 0 Å². The normalized spacial score (nSPS) is 34.6. The zero-order valence-electron chi connectivity index (χ0n) is 11.8. The Morgan fingerprint density at radius 2 is 2.12 bits per heavy atom. The summed E-state index contributed by atoms with van der Waals surface area (Å²) in [5, 5.41) is 0. The highest BCUT2D eigenvalue weighted by molar-refractivity contribution is 4.98. The Bertz CT molecular complexity index is 256. The van der Waals surface area contributed by atoms with Crippen molar-refractivity contribution in [3.05, 3.63) is 0 Å². The highest BCUT2D eigenvalue weighted by atomic mass is 15.3. The first kappa shape index (κ1) is 13.3. The number of rotatable bonds is 4. The van der Waals surface area contributed by atoms with Gasteiger partial charge in [-0.05, 0) is 39.7 Å². The second-order valence-corrected chi connectivity index (χ2v) is 6.24. The van der Waals surface area contributed by atoms with Crippen LogP contribution >= 0.6 is 0 Å². The van der Waals surface area contributed by atoms with Crippen LogP contribution < -0.4 is 5.73 Å². The number of hydrogen-bond donors (Lipinski definition) is 1. The minimum Gasteiger partial charge on any atom is -0.329 e. The van der Waals surface area contributed by atoms with Gasteiger partial charge in [-0.2, -0.15) is 0 Å². The number of nitrogens with zero attached hydrogens (tertiary/aromatic N) is 2. The van der Waals surface area contributed by atoms with Gasteiger partial charge in [0.1, 0.15) is 0 Å². The zero-order valence-corrected chi connectivity index (χ0v) is 11.8. The minimum atomic E-state index is 0.211. The van der Waals surface area contributed by atoms with E-state index in [9.17, 15) is 0 Å². The molecule has 0 aliphatic carbocycles. The lowest BCUT2D eigenvalue weighted by Crippen LogP contribution is -2.64. The topological polar surface area (TPSA) is 32.5 Å². The zero-order chi connectivity index (χ0) is 12.5. The molecular weight excluding hydrogens is 210 g/mol. The summed E-state index contributed by atoms with van der Waals surface area (Å²) in [6.07, 6.45) is 5.22. The summed E-state index contributed by atoms with van der Waals surface area (Å²) in [4.78, 5) is 5.38. The molecule has 100 valence electrons. The standard InChI is InChI=1S/C14H29N3/c1-4-7-14(3,11-15)17-10-13-6-5-8-16(13)9-12(17)2/h12-13H,4-11,15H2,1-3H3. The lowest BCUT2D eigenvalue weighted by molar-refractivity contribution is -0.0165. The van der Waals surface area contributed by atoms with E-state index in [-0.39, 0.29) is 5.54 Å². The van der Waals surface area contributed by atoms with Gasteiger partial charge in [0.2, 0.25) is 0 Å². The van der Waals surface area contributed by atoms with E-state index >= 15 is 0 Å². The molecule has 0 spiro atoms. The van der Waals surface area contributed by atoms with E-state index in [4.69, 9.17) is 5.73 Å². The Morgan fingerprint density at radius 1 is 1.35 bits per heavy atom. The van der Waals surface area contributed by atoms with E-state index in [0.717, 1.165) is 12.6 Å². The van der Waals surface area contributed by atoms with Crippen molar-refractivity contribution in [2.75, 3.05) is 26.2 Å². The van der Waals surface area contributed by atoms with Crippen molar-refractivity contribution in [3.8, 4) is 0 Å². The Hall–Kier alpha value is -0.120. The van der Waals surface area contributed by atoms with Gasteiger partial charge in [0.15, 0.2) is 0 Å². The Balaban J connectivity index is 2.08. The van der Waals surface area contributed by atoms with Gasteiger partial charge in [-0.25, -0.2) is 0 Å². The highest BCUT2D eigenvalue weighted by Gasteiger charge is 2.41. The van der Waals surface area contributed by atoms with Crippen LogP contribution in [-0.2, 0) is 0 Å². The molecule has 0 radical (unpaired) electrons. The van der Waals surface area contributed by atoms with Crippen molar-refractivity contribution in [2.45, 2.75) is 64.1 Å². The number of fused-ring (bicyclic) bond motifs is 1. The molecule has 0 aromatic rings. The van der Waals surface area contributed by atoms with Crippen molar-refractivity contribution in [3.63, 3.8) is 0 Å². The van der Waals surface area contributed by atoms with E-state index < -0.39 is 0 Å². The van der Waals surface area contributed by atoms with Crippen molar-refractivity contribution in [2.24, 2.45) is 5.73 Å². The van der Waals surface area contributed by atoms with Gasteiger partial charge < -0.3 is 5.73 Å². The van der Waals surface area contributed by atoms with E-state index in [1.807, 2.05) is 0 Å². The summed E-state index contributed by atoms with van der Waals surface area (Å²) >= 11 is 0. The van der Waals surface area contributed by atoms with Crippen LogP contribution in [0.15, 0.2) is 0 Å². The van der Waals surface area contributed by atoms with Crippen molar-refractivity contribution in [1.82, 2.24) is 9.80 Å². The molecule has 0 bridgehead atoms. The van der Waals surface area contributed by atoms with E-state index in [1.165, 1.54) is 45.3 Å². The monoisotopic (exact) mass is 239 g/mol. The van der Waals surface area contributed by atoms with E-state index in [1.54, 1.807) is 0 Å². The number of nitrogens with two attached hydrogens (primary N) is 1. The predicted molar refractivity (Wildman–Crippen MR) is 73.1 cm³/mol. The summed E-state index contributed by atoms with van der Waals surface area (Å²) < 4.78 is 0. The molecule has 2 aliphatic heterocycles. The Morgan fingerprint density at radius 3 is 2.76 bits per heavy atom. The summed E-state index contributed by atoms with van der Waals surface area (Å²) in [7, 11) is 0. The molecule has 2 aliphatic rings. The van der Waals surface area contributed by atoms with Gasteiger partial charge in [0.25, 0.3) is 0 Å². The third-order valence-electron chi connectivity index (χ3n) is 4.86. The molecule has 0 aromatic heterocycles. The summed E-state index contributed by atoms with van der Waals surface area (Å²) in [5.41, 5.74) is 6.28. The van der Waals surface area contributed by atoms with Gasteiger partial charge in [-0.3, -0.25) is 9.80 Å². The van der Waals surface area contributed by atoms with Crippen molar-refractivity contribution < 1.29 is 0 Å². The van der Waals surface area contributed by atoms with Gasteiger partial charge in [0, 0.05) is 37.3 Å². The largest absolute Gasteiger partial charge is 0.329 e. The van der Waals surface area contributed by atoms with E-state index in [0.29, 0.717) is 6.04 Å². The molecule has 2 N–H and O–H groups in total. The third kappa shape index (κ3) is 2.51. The fraction of sp³-hybridized carbons (Fsp3) is 1.00. The molecular formula is C14H29N3. The van der Waals surface area contributed by atoms with Crippen LogP contribution in [0.25, 0.3) is 0 Å². The van der Waals surface area contributed by atoms with Crippen LogP contribution in [0.3, 0.4) is 0 Å². The lowest BCUT2D eigenvalue weighted by Gasteiger charge is -2.51. The average Bonchev–Trinajstić information content (AvgIpc) is 2.75. The highest BCUT2D eigenvalue weighted by Crippen LogP contribution is 2.31. The first-order valence-corrected chi connectivity index (χ1v) is 7.31.